The number of primary amides is 1. The molecule has 10 heteroatoms. The molecule has 6 atom stereocenters. The van der Waals surface area contributed by atoms with E-state index in [2.05, 4.69) is 11.8 Å². The molecule has 0 spiro atoms. The Morgan fingerprint density at radius 1 is 1.15 bits per heavy atom. The molecule has 0 heterocycles. The van der Waals surface area contributed by atoms with Crippen LogP contribution in [0.4, 0.5) is 5.69 Å². The summed E-state index contributed by atoms with van der Waals surface area (Å²) in [6, 6.07) is 0.580. The Morgan fingerprint density at radius 3 is 2.33 bits per heavy atom. The van der Waals surface area contributed by atoms with E-state index in [-0.39, 0.29) is 29.7 Å². The van der Waals surface area contributed by atoms with Gasteiger partial charge in [0.05, 0.1) is 23.1 Å². The van der Waals surface area contributed by atoms with Gasteiger partial charge in [0.25, 0.3) is 0 Å². The van der Waals surface area contributed by atoms with Gasteiger partial charge in [0.1, 0.15) is 5.75 Å². The summed E-state index contributed by atoms with van der Waals surface area (Å²) in [6.07, 6.45) is 0.786. The molecule has 39 heavy (non-hydrogen) atoms. The fourth-order valence-corrected chi connectivity index (χ4v) is 6.50. The summed E-state index contributed by atoms with van der Waals surface area (Å²) in [4.78, 5) is 69.9. The smallest absolute Gasteiger partial charge is 0.235 e. The van der Waals surface area contributed by atoms with E-state index in [9.17, 15) is 34.2 Å². The second-order valence-corrected chi connectivity index (χ2v) is 11.7. The number of amides is 1. The lowest BCUT2D eigenvalue weighted by molar-refractivity contribution is -0.181. The third-order valence-corrected chi connectivity index (χ3v) is 8.25. The van der Waals surface area contributed by atoms with Gasteiger partial charge in [0.15, 0.2) is 34.7 Å². The third-order valence-electron chi connectivity index (χ3n) is 8.25. The van der Waals surface area contributed by atoms with Crippen LogP contribution in [0.5, 0.6) is 5.75 Å². The molecule has 4 rings (SSSR count). The minimum atomic E-state index is -2.74. The average molecular weight is 538 g/mol. The molecule has 2 unspecified atom stereocenters. The van der Waals surface area contributed by atoms with Gasteiger partial charge in [-0.2, -0.15) is 0 Å². The zero-order chi connectivity index (χ0) is 29.1. The van der Waals surface area contributed by atoms with Crippen LogP contribution in [-0.4, -0.2) is 84.0 Å². The fourth-order valence-electron chi connectivity index (χ4n) is 6.50. The van der Waals surface area contributed by atoms with E-state index < -0.39 is 64.4 Å². The fraction of sp³-hybridized carbons (Fsp3) is 0.552. The lowest BCUT2D eigenvalue weighted by atomic mass is 9.52. The van der Waals surface area contributed by atoms with Gasteiger partial charge in [-0.15, -0.1) is 0 Å². The minimum Gasteiger partial charge on any atom is -0.506 e. The Bertz CT molecular complexity index is 1350. The Hall–Kier alpha value is -3.55. The molecule has 0 radical (unpaired) electrons. The van der Waals surface area contributed by atoms with Crippen LogP contribution in [0.3, 0.4) is 0 Å². The number of benzene rings is 1. The SMILES string of the molecule is CC(C)CC#Cc1cc(N(C)C)c2c(c1O)C(=O)C1C(=O)[C@]3(O)C(=O)C(C(N)=O)C(=O)[C@@H](N(C)C)[C@@H]3C[C@@H]1C2. The number of phenols is 1. The quantitative estimate of drug-likeness (QED) is 0.363. The van der Waals surface area contributed by atoms with Crippen LogP contribution in [0.15, 0.2) is 6.07 Å². The van der Waals surface area contributed by atoms with Gasteiger partial charge in [-0.25, -0.2) is 0 Å². The first-order chi connectivity index (χ1) is 18.1. The maximum Gasteiger partial charge on any atom is 0.235 e. The van der Waals surface area contributed by atoms with Crippen molar-refractivity contribution >= 4 is 34.7 Å². The standard InChI is InChI=1S/C29H35N3O7/c1-13(2)8-7-9-14-12-18(31(3)4)16-10-15-11-17-22(32(5)6)25(35)21(28(30)38)27(37)29(17,39)26(36)19(15)24(34)20(16)23(14)33/h12-13,15,17,19,21-22,33,39H,8,10-11H2,1-6H3,(H2,30,38)/t15-,17-,19?,21?,22-,29-/m0/s1. The highest BCUT2D eigenvalue weighted by atomic mass is 16.3. The van der Waals surface area contributed by atoms with Crippen molar-refractivity contribution < 1.29 is 34.2 Å². The number of carbonyl (C=O) groups excluding carboxylic acids is 5. The zero-order valence-electron chi connectivity index (χ0n) is 23.1. The molecular weight excluding hydrogens is 502 g/mol. The van der Waals surface area contributed by atoms with Gasteiger partial charge >= 0.3 is 0 Å². The van der Waals surface area contributed by atoms with Crippen molar-refractivity contribution in [3.8, 4) is 17.6 Å². The van der Waals surface area contributed by atoms with E-state index >= 15 is 0 Å². The number of fused-ring (bicyclic) bond motifs is 3. The topological polar surface area (TPSA) is 158 Å². The summed E-state index contributed by atoms with van der Waals surface area (Å²) >= 11 is 0. The highest BCUT2D eigenvalue weighted by Crippen LogP contribution is 2.52. The van der Waals surface area contributed by atoms with Crippen LogP contribution in [0.1, 0.15) is 48.2 Å². The summed E-state index contributed by atoms with van der Waals surface area (Å²) in [6.45, 7) is 4.01. The Balaban J connectivity index is 1.88. The number of carbonyl (C=O) groups is 5. The number of hydrogen-bond donors (Lipinski definition) is 3. The van der Waals surface area contributed by atoms with Crippen molar-refractivity contribution in [2.45, 2.75) is 44.8 Å². The van der Waals surface area contributed by atoms with E-state index in [1.165, 1.54) is 4.90 Å². The van der Waals surface area contributed by atoms with Crippen molar-refractivity contribution in [1.29, 1.82) is 0 Å². The molecule has 1 aromatic carbocycles. The summed E-state index contributed by atoms with van der Waals surface area (Å²) < 4.78 is 0. The molecule has 0 aliphatic heterocycles. The predicted octanol–water partition coefficient (Wildman–Crippen LogP) is 0.331. The van der Waals surface area contributed by atoms with Crippen molar-refractivity contribution in [2.24, 2.45) is 35.3 Å². The number of nitrogens with two attached hydrogens (primary N) is 1. The molecular formula is C29H35N3O7. The van der Waals surface area contributed by atoms with Crippen molar-refractivity contribution in [2.75, 3.05) is 33.1 Å². The maximum atomic E-state index is 14.0. The van der Waals surface area contributed by atoms with Crippen molar-refractivity contribution in [3.05, 3.63) is 22.8 Å². The summed E-state index contributed by atoms with van der Waals surface area (Å²) in [7, 11) is 6.70. The van der Waals surface area contributed by atoms with Gasteiger partial charge < -0.3 is 20.8 Å². The maximum absolute atomic E-state index is 14.0. The molecule has 3 aliphatic carbocycles. The first kappa shape index (κ1) is 28.5. The van der Waals surface area contributed by atoms with E-state index in [4.69, 9.17) is 5.73 Å². The van der Waals surface area contributed by atoms with E-state index in [0.717, 1.165) is 0 Å². The first-order valence-corrected chi connectivity index (χ1v) is 13.0. The van der Waals surface area contributed by atoms with E-state index in [1.807, 2.05) is 13.8 Å². The number of rotatable bonds is 4. The van der Waals surface area contributed by atoms with Crippen molar-refractivity contribution in [3.63, 3.8) is 0 Å². The second-order valence-electron chi connectivity index (χ2n) is 11.7. The van der Waals surface area contributed by atoms with Crippen LogP contribution in [-0.2, 0) is 25.6 Å². The van der Waals surface area contributed by atoms with Crippen LogP contribution in [0.2, 0.25) is 0 Å². The second kappa shape index (κ2) is 9.88. The molecule has 0 aromatic heterocycles. The molecule has 10 nitrogen and oxygen atoms in total. The monoisotopic (exact) mass is 537 g/mol. The zero-order valence-corrected chi connectivity index (χ0v) is 23.1. The number of ketones is 4. The number of hydrogen-bond acceptors (Lipinski definition) is 9. The van der Waals surface area contributed by atoms with Crippen molar-refractivity contribution in [1.82, 2.24) is 4.90 Å². The number of nitrogens with zero attached hydrogens (tertiary/aromatic N) is 2. The number of likely N-dealkylation sites (N-methyl/N-ethyl adjacent to an activating group) is 1. The van der Waals surface area contributed by atoms with Gasteiger partial charge in [-0.1, -0.05) is 25.7 Å². The van der Waals surface area contributed by atoms with Crippen LogP contribution in [0, 0.1) is 41.4 Å². The van der Waals surface area contributed by atoms with Crippen LogP contribution >= 0.6 is 0 Å². The molecule has 3 aliphatic rings. The summed E-state index contributed by atoms with van der Waals surface area (Å²) in [5.41, 5.74) is 4.00. The third kappa shape index (κ3) is 4.24. The number of phenolic OH excluding ortho intramolecular Hbond substituents is 1. The Morgan fingerprint density at radius 2 is 1.79 bits per heavy atom. The molecule has 0 saturated heterocycles. The number of anilines is 1. The van der Waals surface area contributed by atoms with Gasteiger partial charge in [0.2, 0.25) is 5.91 Å². The van der Waals surface area contributed by atoms with Crippen LogP contribution < -0.4 is 10.6 Å². The Kier molecular flexibility index (Phi) is 7.21. The normalized spacial score (nSPS) is 29.9. The largest absolute Gasteiger partial charge is 0.506 e. The number of aromatic hydroxyl groups is 1. The lowest BCUT2D eigenvalue weighted by Gasteiger charge is -2.52. The summed E-state index contributed by atoms with van der Waals surface area (Å²) in [5.74, 6) is -4.41. The summed E-state index contributed by atoms with van der Waals surface area (Å²) in [5, 5.41) is 22.9. The number of Topliss-reactive ketones (excluding diaryl/α,β-unsaturated/α-hetero) is 4. The van der Waals surface area contributed by atoms with Gasteiger partial charge in [0, 0.05) is 32.1 Å². The van der Waals surface area contributed by atoms with E-state index in [1.54, 1.807) is 39.2 Å². The predicted molar refractivity (Wildman–Crippen MR) is 142 cm³/mol. The minimum absolute atomic E-state index is 0.00741. The Labute approximate surface area is 227 Å². The molecule has 1 amide bonds. The molecule has 2 saturated carbocycles. The van der Waals surface area contributed by atoms with Gasteiger partial charge in [-0.3, -0.25) is 28.9 Å². The number of aliphatic hydroxyl groups is 1. The van der Waals surface area contributed by atoms with Crippen LogP contribution in [0.25, 0.3) is 0 Å². The first-order valence-electron chi connectivity index (χ1n) is 13.0. The average Bonchev–Trinajstić information content (AvgIpc) is 2.81. The molecule has 0 bridgehead atoms. The van der Waals surface area contributed by atoms with E-state index in [0.29, 0.717) is 23.6 Å². The lowest BCUT2D eigenvalue weighted by Crippen LogP contribution is -2.74. The molecule has 208 valence electrons. The highest BCUT2D eigenvalue weighted by Gasteiger charge is 2.69. The highest BCUT2D eigenvalue weighted by molar-refractivity contribution is 6.32. The van der Waals surface area contributed by atoms with Gasteiger partial charge in [-0.05, 0) is 50.4 Å². The molecule has 2 fully saturated rings. The molecule has 1 aromatic rings. The molecule has 4 N–H and O–H groups in total.